The Kier molecular flexibility index (Phi) is 6.23. The van der Waals surface area contributed by atoms with E-state index in [-0.39, 0.29) is 6.54 Å². The fourth-order valence-electron chi connectivity index (χ4n) is 2.17. The van der Waals surface area contributed by atoms with Crippen molar-refractivity contribution in [2.75, 3.05) is 6.54 Å². The van der Waals surface area contributed by atoms with Gasteiger partial charge in [-0.3, -0.25) is 25.1 Å². The Balaban J connectivity index is 1.87. The molecule has 0 aliphatic heterocycles. The quantitative estimate of drug-likeness (QED) is 0.584. The fraction of sp³-hybridized carbons (Fsp3) is 0.267. The summed E-state index contributed by atoms with van der Waals surface area (Å²) in [6.45, 7) is 2.51. The molecule has 3 N–H and O–H groups in total. The first-order chi connectivity index (χ1) is 12.6. The number of amides is 2. The second-order valence-electron chi connectivity index (χ2n) is 5.56. The predicted molar refractivity (Wildman–Crippen MR) is 89.5 cm³/mol. The van der Waals surface area contributed by atoms with Crippen LogP contribution in [0, 0.1) is 25.5 Å². The highest BCUT2D eigenvalue weighted by Crippen LogP contribution is 2.17. The molecular weight excluding hydrogens is 384 g/mol. The molecule has 0 aliphatic rings. The molecule has 1 aromatic heterocycles. The maximum atomic E-state index is 13.5. The molecule has 2 aromatic rings. The van der Waals surface area contributed by atoms with Crippen LogP contribution in [-0.2, 0) is 26.2 Å². The van der Waals surface area contributed by atoms with Crippen LogP contribution in [0.2, 0.25) is 0 Å². The summed E-state index contributed by atoms with van der Waals surface area (Å²) < 4.78 is 54.1. The molecule has 2 amide bonds. The fourth-order valence-corrected chi connectivity index (χ4v) is 3.28. The molecule has 0 aliphatic carbocycles. The van der Waals surface area contributed by atoms with Crippen molar-refractivity contribution in [2.24, 2.45) is 0 Å². The van der Waals surface area contributed by atoms with Crippen LogP contribution in [0.1, 0.15) is 11.4 Å². The van der Waals surface area contributed by atoms with Crippen molar-refractivity contribution in [1.29, 1.82) is 0 Å². The number of nitrogens with zero attached hydrogens (tertiary/aromatic N) is 2. The average Bonchev–Trinajstić information content (AvgIpc) is 2.88. The molecular formula is C15H17F2N5O4S. The molecule has 2 rings (SSSR count). The minimum Gasteiger partial charge on any atom is -0.272 e. The van der Waals surface area contributed by atoms with E-state index in [4.69, 9.17) is 0 Å². The first kappa shape index (κ1) is 20.5. The van der Waals surface area contributed by atoms with Gasteiger partial charge in [-0.1, -0.05) is 6.07 Å². The summed E-state index contributed by atoms with van der Waals surface area (Å²) in [6, 6.07) is 4.32. The summed E-state index contributed by atoms with van der Waals surface area (Å²) in [4.78, 5) is 22.2. The molecule has 27 heavy (non-hydrogen) atoms. The largest absolute Gasteiger partial charge is 0.272 e. The molecule has 0 fully saturated rings. The number of carbonyl (C=O) groups is 2. The zero-order valence-electron chi connectivity index (χ0n) is 14.4. The van der Waals surface area contributed by atoms with Gasteiger partial charge in [0.15, 0.2) is 4.90 Å². The summed E-state index contributed by atoms with van der Waals surface area (Å²) in [6.07, 6.45) is 0. The highest BCUT2D eigenvalue weighted by molar-refractivity contribution is 7.89. The molecule has 1 aromatic carbocycles. The smallest absolute Gasteiger partial charge is 0.260 e. The van der Waals surface area contributed by atoms with Crippen LogP contribution in [0.25, 0.3) is 0 Å². The van der Waals surface area contributed by atoms with Crippen LogP contribution < -0.4 is 15.6 Å². The van der Waals surface area contributed by atoms with Crippen LogP contribution >= 0.6 is 0 Å². The lowest BCUT2D eigenvalue weighted by atomic mass is 10.3. The van der Waals surface area contributed by atoms with Crippen LogP contribution in [0.5, 0.6) is 0 Å². The average molecular weight is 401 g/mol. The summed E-state index contributed by atoms with van der Waals surface area (Å²) in [5, 5.41) is 4.08. The summed E-state index contributed by atoms with van der Waals surface area (Å²) in [7, 11) is -4.59. The number of benzene rings is 1. The molecule has 0 saturated carbocycles. The van der Waals surface area contributed by atoms with E-state index in [2.05, 4.69) is 10.5 Å². The zero-order valence-corrected chi connectivity index (χ0v) is 15.2. The number of hydrogen-bond donors (Lipinski definition) is 3. The lowest BCUT2D eigenvalue weighted by Crippen LogP contribution is -2.47. The van der Waals surface area contributed by atoms with Gasteiger partial charge in [-0.05, 0) is 32.0 Å². The molecule has 0 spiro atoms. The minimum atomic E-state index is -4.59. The van der Waals surface area contributed by atoms with Gasteiger partial charge in [-0.25, -0.2) is 21.9 Å². The summed E-state index contributed by atoms with van der Waals surface area (Å²) in [5.74, 6) is -4.11. The number of sulfonamides is 1. The number of halogens is 2. The maximum absolute atomic E-state index is 13.5. The van der Waals surface area contributed by atoms with Gasteiger partial charge in [0.2, 0.25) is 10.0 Å². The highest BCUT2D eigenvalue weighted by atomic mass is 32.2. The van der Waals surface area contributed by atoms with Gasteiger partial charge in [-0.15, -0.1) is 0 Å². The second kappa shape index (κ2) is 8.22. The normalized spacial score (nSPS) is 11.3. The molecule has 146 valence electrons. The molecule has 1 heterocycles. The van der Waals surface area contributed by atoms with Crippen molar-refractivity contribution in [2.45, 2.75) is 25.3 Å². The van der Waals surface area contributed by atoms with E-state index < -0.39 is 44.9 Å². The molecule has 0 saturated heterocycles. The number of nitrogens with one attached hydrogen (secondary N) is 3. The van der Waals surface area contributed by atoms with Crippen molar-refractivity contribution in [1.82, 2.24) is 25.4 Å². The Bertz CT molecular complexity index is 954. The first-order valence-electron chi connectivity index (χ1n) is 7.62. The lowest BCUT2D eigenvalue weighted by molar-refractivity contribution is -0.128. The van der Waals surface area contributed by atoms with E-state index in [1.165, 1.54) is 4.68 Å². The topological polar surface area (TPSA) is 122 Å². The van der Waals surface area contributed by atoms with Crippen LogP contribution in [-0.4, -0.2) is 36.6 Å². The maximum Gasteiger partial charge on any atom is 0.260 e. The van der Waals surface area contributed by atoms with Crippen molar-refractivity contribution < 1.29 is 26.8 Å². The van der Waals surface area contributed by atoms with E-state index in [0.29, 0.717) is 0 Å². The van der Waals surface area contributed by atoms with Gasteiger partial charge in [0.05, 0.1) is 12.2 Å². The van der Waals surface area contributed by atoms with Gasteiger partial charge in [-0.2, -0.15) is 5.10 Å². The SMILES string of the molecule is Cc1cc(C)n(CC(=O)NNC(=O)CNS(=O)(=O)c2c(F)cccc2F)n1. The zero-order chi connectivity index (χ0) is 20.2. The Hall–Kier alpha value is -2.86. The number of aryl methyl sites for hydroxylation is 2. The van der Waals surface area contributed by atoms with E-state index in [9.17, 15) is 26.8 Å². The molecule has 0 bridgehead atoms. The third-order valence-electron chi connectivity index (χ3n) is 3.35. The standard InChI is InChI=1S/C15H17F2N5O4S/c1-9-6-10(2)22(21-9)8-14(24)20-19-13(23)7-18-27(25,26)15-11(16)4-3-5-12(15)17/h3-6,18H,7-8H2,1-2H3,(H,19,23)(H,20,24). The van der Waals surface area contributed by atoms with Crippen molar-refractivity contribution >= 4 is 21.8 Å². The third-order valence-corrected chi connectivity index (χ3v) is 4.80. The second-order valence-corrected chi connectivity index (χ2v) is 7.26. The lowest BCUT2D eigenvalue weighted by Gasteiger charge is -2.10. The van der Waals surface area contributed by atoms with E-state index in [0.717, 1.165) is 29.6 Å². The van der Waals surface area contributed by atoms with Gasteiger partial charge in [0.25, 0.3) is 11.8 Å². The van der Waals surface area contributed by atoms with Crippen LogP contribution in [0.3, 0.4) is 0 Å². The van der Waals surface area contributed by atoms with Crippen LogP contribution in [0.4, 0.5) is 8.78 Å². The molecule has 0 atom stereocenters. The number of rotatable bonds is 6. The Labute approximate surface area is 153 Å². The number of hydrazine groups is 1. The highest BCUT2D eigenvalue weighted by Gasteiger charge is 2.24. The number of hydrogen-bond acceptors (Lipinski definition) is 5. The minimum absolute atomic E-state index is 0.161. The summed E-state index contributed by atoms with van der Waals surface area (Å²) >= 11 is 0. The molecule has 0 radical (unpaired) electrons. The van der Waals surface area contributed by atoms with Crippen LogP contribution in [0.15, 0.2) is 29.2 Å². The van der Waals surface area contributed by atoms with Crippen molar-refractivity contribution in [3.63, 3.8) is 0 Å². The Morgan fingerprint density at radius 1 is 1.11 bits per heavy atom. The van der Waals surface area contributed by atoms with Gasteiger partial charge >= 0.3 is 0 Å². The summed E-state index contributed by atoms with van der Waals surface area (Å²) in [5.41, 5.74) is 5.54. The Morgan fingerprint density at radius 2 is 1.70 bits per heavy atom. The Morgan fingerprint density at radius 3 is 2.26 bits per heavy atom. The first-order valence-corrected chi connectivity index (χ1v) is 9.11. The molecule has 9 nitrogen and oxygen atoms in total. The van der Waals surface area contributed by atoms with E-state index in [1.807, 2.05) is 5.43 Å². The monoisotopic (exact) mass is 401 g/mol. The van der Waals surface area contributed by atoms with E-state index >= 15 is 0 Å². The van der Waals surface area contributed by atoms with Crippen molar-refractivity contribution in [3.05, 3.63) is 47.3 Å². The van der Waals surface area contributed by atoms with Gasteiger partial charge in [0, 0.05) is 5.69 Å². The van der Waals surface area contributed by atoms with Gasteiger partial charge in [0.1, 0.15) is 18.2 Å². The van der Waals surface area contributed by atoms with Gasteiger partial charge < -0.3 is 0 Å². The number of aromatic nitrogens is 2. The van der Waals surface area contributed by atoms with E-state index in [1.54, 1.807) is 24.6 Å². The molecule has 12 heteroatoms. The predicted octanol–water partition coefficient (Wildman–Crippen LogP) is -0.0960. The number of carbonyl (C=O) groups excluding carboxylic acids is 2. The third kappa shape index (κ3) is 5.31. The van der Waals surface area contributed by atoms with Crippen molar-refractivity contribution in [3.8, 4) is 0 Å². The molecule has 0 unspecified atom stereocenters.